The summed E-state index contributed by atoms with van der Waals surface area (Å²) in [6, 6.07) is 20.7. The minimum Gasteiger partial charge on any atom is -0.304 e. The number of hydrogen-bond donors (Lipinski definition) is 0. The highest BCUT2D eigenvalue weighted by Gasteiger charge is 2.23. The van der Waals surface area contributed by atoms with E-state index in [0.717, 1.165) is 15.8 Å². The van der Waals surface area contributed by atoms with E-state index in [1.807, 2.05) is 35.8 Å². The smallest absolute Gasteiger partial charge is 0.279 e. The first-order valence-electron chi connectivity index (χ1n) is 10.7. The van der Waals surface area contributed by atoms with E-state index in [0.29, 0.717) is 22.6 Å². The lowest BCUT2D eigenvalue weighted by atomic mass is 10.2. The number of rotatable bonds is 6. The normalized spacial score (nSPS) is 12.0. The molecule has 0 aliphatic heterocycles. The average molecular weight is 490 g/mol. The van der Waals surface area contributed by atoms with Crippen molar-refractivity contribution in [3.05, 3.63) is 88.7 Å². The van der Waals surface area contributed by atoms with Gasteiger partial charge in [0.25, 0.3) is 15.9 Å². The van der Waals surface area contributed by atoms with E-state index in [1.165, 1.54) is 39.9 Å². The van der Waals surface area contributed by atoms with E-state index >= 15 is 0 Å². The molecule has 34 heavy (non-hydrogen) atoms. The maximum absolute atomic E-state index is 13.2. The minimum absolute atomic E-state index is 0.106. The number of nitrogens with zero attached hydrogens (tertiary/aromatic N) is 3. The number of benzene rings is 3. The van der Waals surface area contributed by atoms with Gasteiger partial charge in [-0.25, -0.2) is 8.42 Å². The number of anilines is 1. The number of hydrogen-bond acceptors (Lipinski definition) is 4. The van der Waals surface area contributed by atoms with Crippen LogP contribution in [0.15, 0.2) is 82.7 Å². The van der Waals surface area contributed by atoms with Crippen molar-refractivity contribution in [2.24, 2.45) is 4.99 Å². The molecule has 1 heterocycles. The van der Waals surface area contributed by atoms with Crippen LogP contribution in [0, 0.1) is 19.3 Å². The van der Waals surface area contributed by atoms with E-state index in [9.17, 15) is 13.2 Å². The summed E-state index contributed by atoms with van der Waals surface area (Å²) in [7, 11) is -3.77. The average Bonchev–Trinajstić information content (AvgIpc) is 3.18. The number of sulfonamides is 1. The Bertz CT molecular complexity index is 1560. The van der Waals surface area contributed by atoms with Crippen molar-refractivity contribution in [1.82, 2.24) is 4.57 Å². The molecule has 172 valence electrons. The molecule has 1 aromatic heterocycles. The molecule has 0 saturated carbocycles. The SMILES string of the molecule is C#CCn1c(=NC(=O)c2ccc(S(=O)(=O)N(CC)c3ccccc3)cc2)sc2cccc(C)c21. The summed E-state index contributed by atoms with van der Waals surface area (Å²) < 4.78 is 30.5. The maximum atomic E-state index is 13.2. The Morgan fingerprint density at radius 1 is 1.06 bits per heavy atom. The standard InChI is InChI=1S/C26H23N3O3S2/c1-4-18-28-24-19(3)10-9-13-23(24)33-26(28)27-25(30)20-14-16-22(17-15-20)34(31,32)29(5-2)21-11-7-6-8-12-21/h1,6-17H,5,18H2,2-3H3. The monoisotopic (exact) mass is 489 g/mol. The molecule has 0 aliphatic rings. The number of aromatic nitrogens is 1. The molecule has 3 aromatic carbocycles. The molecule has 4 rings (SSSR count). The molecule has 0 bridgehead atoms. The van der Waals surface area contributed by atoms with Gasteiger partial charge in [0.15, 0.2) is 4.80 Å². The summed E-state index contributed by atoms with van der Waals surface area (Å²) in [5, 5.41) is 0. The first-order valence-corrected chi connectivity index (χ1v) is 12.9. The number of aryl methyl sites for hydroxylation is 1. The highest BCUT2D eigenvalue weighted by molar-refractivity contribution is 7.92. The summed E-state index contributed by atoms with van der Waals surface area (Å²) in [5.74, 6) is 2.16. The van der Waals surface area contributed by atoms with E-state index in [-0.39, 0.29) is 11.4 Å². The Balaban J connectivity index is 1.69. The Morgan fingerprint density at radius 2 is 1.76 bits per heavy atom. The molecule has 0 N–H and O–H groups in total. The summed E-state index contributed by atoms with van der Waals surface area (Å²) in [6.07, 6.45) is 5.55. The number of fused-ring (bicyclic) bond motifs is 1. The van der Waals surface area contributed by atoms with Crippen molar-refractivity contribution in [1.29, 1.82) is 0 Å². The third-order valence-corrected chi connectivity index (χ3v) is 8.33. The summed E-state index contributed by atoms with van der Waals surface area (Å²) in [4.78, 5) is 17.8. The molecule has 4 aromatic rings. The van der Waals surface area contributed by atoms with Crippen LogP contribution in [-0.4, -0.2) is 25.4 Å². The molecule has 0 aliphatic carbocycles. The summed E-state index contributed by atoms with van der Waals surface area (Å²) in [5.41, 5.74) is 2.88. The third kappa shape index (κ3) is 4.40. The predicted molar refractivity (Wildman–Crippen MR) is 136 cm³/mol. The molecule has 0 fully saturated rings. The van der Waals surface area contributed by atoms with E-state index in [2.05, 4.69) is 10.9 Å². The van der Waals surface area contributed by atoms with Crippen LogP contribution >= 0.6 is 11.3 Å². The predicted octanol–water partition coefficient (Wildman–Crippen LogP) is 4.60. The van der Waals surface area contributed by atoms with Crippen molar-refractivity contribution < 1.29 is 13.2 Å². The number of para-hydroxylation sites is 2. The van der Waals surface area contributed by atoms with Crippen LogP contribution < -0.4 is 9.11 Å². The van der Waals surface area contributed by atoms with Gasteiger partial charge in [-0.3, -0.25) is 9.10 Å². The highest BCUT2D eigenvalue weighted by Crippen LogP contribution is 2.24. The molecule has 0 radical (unpaired) electrons. The molecule has 0 spiro atoms. The molecular weight excluding hydrogens is 466 g/mol. The fourth-order valence-corrected chi connectivity index (χ4v) is 6.34. The zero-order valence-electron chi connectivity index (χ0n) is 18.8. The first-order chi connectivity index (χ1) is 16.4. The molecule has 0 saturated heterocycles. The van der Waals surface area contributed by atoms with Gasteiger partial charge in [-0.05, 0) is 61.9 Å². The Kier molecular flexibility index (Phi) is 6.68. The maximum Gasteiger partial charge on any atom is 0.279 e. The lowest BCUT2D eigenvalue weighted by Crippen LogP contribution is -2.30. The summed E-state index contributed by atoms with van der Waals surface area (Å²) >= 11 is 1.39. The van der Waals surface area contributed by atoms with Crippen LogP contribution in [0.4, 0.5) is 5.69 Å². The van der Waals surface area contributed by atoms with E-state index in [4.69, 9.17) is 6.42 Å². The second-order valence-corrected chi connectivity index (χ2v) is 10.4. The zero-order valence-corrected chi connectivity index (χ0v) is 20.4. The van der Waals surface area contributed by atoms with Gasteiger partial charge in [0, 0.05) is 12.1 Å². The Labute approximate surface area is 202 Å². The van der Waals surface area contributed by atoms with Gasteiger partial charge in [-0.15, -0.1) is 6.42 Å². The van der Waals surface area contributed by atoms with Gasteiger partial charge < -0.3 is 4.57 Å². The molecular formula is C26H23N3O3S2. The Morgan fingerprint density at radius 3 is 2.41 bits per heavy atom. The summed E-state index contributed by atoms with van der Waals surface area (Å²) in [6.45, 7) is 4.34. The van der Waals surface area contributed by atoms with Crippen LogP contribution in [0.2, 0.25) is 0 Å². The van der Waals surface area contributed by atoms with Gasteiger partial charge in [0.2, 0.25) is 0 Å². The van der Waals surface area contributed by atoms with Gasteiger partial charge in [0.05, 0.1) is 27.3 Å². The molecule has 0 atom stereocenters. The highest BCUT2D eigenvalue weighted by atomic mass is 32.2. The largest absolute Gasteiger partial charge is 0.304 e. The van der Waals surface area contributed by atoms with Crippen LogP contribution in [0.5, 0.6) is 0 Å². The van der Waals surface area contributed by atoms with Crippen LogP contribution in [0.25, 0.3) is 10.2 Å². The molecule has 8 heteroatoms. The fourth-order valence-electron chi connectivity index (χ4n) is 3.76. The van der Waals surface area contributed by atoms with Gasteiger partial charge in [-0.2, -0.15) is 4.99 Å². The number of carbonyl (C=O) groups excluding carboxylic acids is 1. The van der Waals surface area contributed by atoms with Crippen LogP contribution in [0.3, 0.4) is 0 Å². The number of carbonyl (C=O) groups is 1. The van der Waals surface area contributed by atoms with Crippen LogP contribution in [-0.2, 0) is 16.6 Å². The van der Waals surface area contributed by atoms with Crippen molar-refractivity contribution in [3.63, 3.8) is 0 Å². The topological polar surface area (TPSA) is 71.7 Å². The number of thiazole rings is 1. The first kappa shape index (κ1) is 23.5. The van der Waals surface area contributed by atoms with E-state index < -0.39 is 15.9 Å². The van der Waals surface area contributed by atoms with Gasteiger partial charge >= 0.3 is 0 Å². The van der Waals surface area contributed by atoms with Crippen molar-refractivity contribution in [3.8, 4) is 12.3 Å². The van der Waals surface area contributed by atoms with Crippen molar-refractivity contribution in [2.45, 2.75) is 25.3 Å². The third-order valence-electron chi connectivity index (χ3n) is 5.37. The molecule has 1 amide bonds. The van der Waals surface area contributed by atoms with Crippen molar-refractivity contribution in [2.75, 3.05) is 10.8 Å². The number of terminal acetylenes is 1. The second-order valence-electron chi connectivity index (χ2n) is 7.54. The minimum atomic E-state index is -3.77. The zero-order chi connectivity index (χ0) is 24.3. The number of amides is 1. The fraction of sp³-hybridized carbons (Fsp3) is 0.154. The lowest BCUT2D eigenvalue weighted by molar-refractivity contribution is 0.0998. The lowest BCUT2D eigenvalue weighted by Gasteiger charge is -2.22. The van der Waals surface area contributed by atoms with Gasteiger partial charge in [-0.1, -0.05) is 47.6 Å². The molecule has 6 nitrogen and oxygen atoms in total. The second kappa shape index (κ2) is 9.67. The van der Waals surface area contributed by atoms with E-state index in [1.54, 1.807) is 31.2 Å². The molecule has 0 unspecified atom stereocenters. The quantitative estimate of drug-likeness (QED) is 0.372. The van der Waals surface area contributed by atoms with Crippen molar-refractivity contribution >= 4 is 43.2 Å². The van der Waals surface area contributed by atoms with Gasteiger partial charge in [0.1, 0.15) is 0 Å². The van der Waals surface area contributed by atoms with Crippen LogP contribution in [0.1, 0.15) is 22.8 Å². The Hall–Kier alpha value is -3.67.